The highest BCUT2D eigenvalue weighted by molar-refractivity contribution is 5.77. The van der Waals surface area contributed by atoms with Crippen LogP contribution >= 0.6 is 0 Å². The molecule has 126 valence electrons. The van der Waals surface area contributed by atoms with E-state index < -0.39 is 0 Å². The lowest BCUT2D eigenvalue weighted by Crippen LogP contribution is -2.61. The Labute approximate surface area is 137 Å². The number of nitrogens with zero attached hydrogens (tertiary/aromatic N) is 2. The van der Waals surface area contributed by atoms with Crippen molar-refractivity contribution in [3.05, 3.63) is 29.8 Å². The number of aromatic hydroxyl groups is 1. The Morgan fingerprint density at radius 1 is 1.30 bits per heavy atom. The zero-order valence-corrected chi connectivity index (χ0v) is 13.8. The summed E-state index contributed by atoms with van der Waals surface area (Å²) in [5, 5.41) is 9.32. The van der Waals surface area contributed by atoms with Gasteiger partial charge in [0.25, 0.3) is 0 Å². The van der Waals surface area contributed by atoms with E-state index in [4.69, 9.17) is 4.74 Å². The van der Waals surface area contributed by atoms with Crippen LogP contribution in [0.4, 0.5) is 0 Å². The fourth-order valence-electron chi connectivity index (χ4n) is 3.59. The molecule has 0 spiro atoms. The Hall–Kier alpha value is -1.59. The molecule has 0 saturated carbocycles. The predicted molar refractivity (Wildman–Crippen MR) is 88.4 cm³/mol. The van der Waals surface area contributed by atoms with Gasteiger partial charge >= 0.3 is 0 Å². The van der Waals surface area contributed by atoms with Crippen molar-refractivity contribution < 1.29 is 14.6 Å². The number of hydrogen-bond acceptors (Lipinski definition) is 4. The van der Waals surface area contributed by atoms with Crippen LogP contribution in [0.3, 0.4) is 0 Å². The minimum absolute atomic E-state index is 0.198. The van der Waals surface area contributed by atoms with E-state index in [1.165, 1.54) is 0 Å². The SMILES string of the molecule is CCN1CC[C@H]2OCCN(C(=O)CCc3ccc(O)cc3)[C@H]2C1. The van der Waals surface area contributed by atoms with Gasteiger partial charge in [-0.15, -0.1) is 0 Å². The van der Waals surface area contributed by atoms with E-state index in [1.807, 2.05) is 17.0 Å². The fourth-order valence-corrected chi connectivity index (χ4v) is 3.59. The second-order valence-corrected chi connectivity index (χ2v) is 6.41. The predicted octanol–water partition coefficient (Wildman–Crippen LogP) is 1.65. The molecule has 2 saturated heterocycles. The van der Waals surface area contributed by atoms with Crippen LogP contribution in [-0.4, -0.2) is 65.7 Å². The Kier molecular flexibility index (Phi) is 5.18. The molecule has 2 aliphatic rings. The van der Waals surface area contributed by atoms with E-state index in [9.17, 15) is 9.90 Å². The first kappa shape index (κ1) is 16.3. The van der Waals surface area contributed by atoms with Gasteiger partial charge < -0.3 is 19.6 Å². The number of carbonyl (C=O) groups is 1. The molecule has 2 aliphatic heterocycles. The van der Waals surface area contributed by atoms with Crippen LogP contribution in [0.1, 0.15) is 25.3 Å². The number of likely N-dealkylation sites (tertiary alicyclic amines) is 1. The number of benzene rings is 1. The number of amides is 1. The minimum Gasteiger partial charge on any atom is -0.508 e. The highest BCUT2D eigenvalue weighted by atomic mass is 16.5. The molecule has 1 aromatic rings. The van der Waals surface area contributed by atoms with Gasteiger partial charge in [0.15, 0.2) is 0 Å². The highest BCUT2D eigenvalue weighted by Crippen LogP contribution is 2.24. The van der Waals surface area contributed by atoms with Crippen LogP contribution in [-0.2, 0) is 16.0 Å². The fraction of sp³-hybridized carbons (Fsp3) is 0.611. The van der Waals surface area contributed by atoms with Crippen molar-refractivity contribution in [1.82, 2.24) is 9.80 Å². The highest BCUT2D eigenvalue weighted by Gasteiger charge is 2.38. The van der Waals surface area contributed by atoms with Crippen molar-refractivity contribution in [2.45, 2.75) is 38.3 Å². The van der Waals surface area contributed by atoms with Crippen molar-refractivity contribution in [3.8, 4) is 5.75 Å². The molecule has 2 heterocycles. The summed E-state index contributed by atoms with van der Waals surface area (Å²) < 4.78 is 5.88. The van der Waals surface area contributed by atoms with Gasteiger partial charge in [0.2, 0.25) is 5.91 Å². The number of aryl methyl sites for hydroxylation is 1. The maximum atomic E-state index is 12.7. The van der Waals surface area contributed by atoms with E-state index in [1.54, 1.807) is 12.1 Å². The number of phenolic OH excluding ortho intramolecular Hbond substituents is 1. The summed E-state index contributed by atoms with van der Waals surface area (Å²) >= 11 is 0. The second kappa shape index (κ2) is 7.32. The van der Waals surface area contributed by atoms with E-state index in [0.717, 1.165) is 31.6 Å². The number of morpholine rings is 1. The number of carbonyl (C=O) groups excluding carboxylic acids is 1. The number of rotatable bonds is 4. The van der Waals surface area contributed by atoms with Gasteiger partial charge in [0, 0.05) is 26.1 Å². The summed E-state index contributed by atoms with van der Waals surface area (Å²) in [5.41, 5.74) is 1.08. The number of ether oxygens (including phenoxy) is 1. The van der Waals surface area contributed by atoms with Gasteiger partial charge in [-0.1, -0.05) is 19.1 Å². The number of likely N-dealkylation sites (N-methyl/N-ethyl adjacent to an activating group) is 1. The quantitative estimate of drug-likeness (QED) is 0.917. The molecule has 23 heavy (non-hydrogen) atoms. The molecule has 0 radical (unpaired) electrons. The van der Waals surface area contributed by atoms with Crippen molar-refractivity contribution >= 4 is 5.91 Å². The number of piperidine rings is 1. The van der Waals surface area contributed by atoms with Crippen molar-refractivity contribution in [2.75, 3.05) is 32.8 Å². The van der Waals surface area contributed by atoms with E-state index in [0.29, 0.717) is 26.0 Å². The Morgan fingerprint density at radius 3 is 2.83 bits per heavy atom. The molecule has 0 aromatic heterocycles. The van der Waals surface area contributed by atoms with Crippen LogP contribution in [0, 0.1) is 0 Å². The molecule has 5 heteroatoms. The number of fused-ring (bicyclic) bond motifs is 1. The maximum Gasteiger partial charge on any atom is 0.223 e. The average Bonchev–Trinajstić information content (AvgIpc) is 2.60. The molecule has 2 fully saturated rings. The van der Waals surface area contributed by atoms with Gasteiger partial charge in [-0.05, 0) is 37.1 Å². The molecule has 0 unspecified atom stereocenters. The average molecular weight is 318 g/mol. The van der Waals surface area contributed by atoms with Crippen molar-refractivity contribution in [2.24, 2.45) is 0 Å². The van der Waals surface area contributed by atoms with E-state index in [2.05, 4.69) is 11.8 Å². The first-order valence-electron chi connectivity index (χ1n) is 8.58. The Balaban J connectivity index is 1.59. The lowest BCUT2D eigenvalue weighted by atomic mass is 9.98. The third-order valence-electron chi connectivity index (χ3n) is 5.00. The minimum atomic E-state index is 0.198. The lowest BCUT2D eigenvalue weighted by molar-refractivity contribution is -0.152. The molecule has 5 nitrogen and oxygen atoms in total. The van der Waals surface area contributed by atoms with Gasteiger partial charge in [-0.3, -0.25) is 4.79 Å². The largest absolute Gasteiger partial charge is 0.508 e. The first-order chi connectivity index (χ1) is 11.2. The standard InChI is InChI=1S/C18H26N2O3/c1-2-19-10-9-17-16(13-19)20(11-12-23-17)18(22)8-5-14-3-6-15(21)7-4-14/h3-4,6-7,16-17,21H,2,5,8-13H2,1H3/t16-,17+/m0/s1. The summed E-state index contributed by atoms with van der Waals surface area (Å²) in [6.45, 7) is 6.53. The number of hydrogen-bond donors (Lipinski definition) is 1. The second-order valence-electron chi connectivity index (χ2n) is 6.41. The number of phenols is 1. The van der Waals surface area contributed by atoms with Crippen LogP contribution < -0.4 is 0 Å². The molecule has 1 N–H and O–H groups in total. The summed E-state index contributed by atoms with van der Waals surface area (Å²) in [6, 6.07) is 7.30. The Bertz CT molecular complexity index is 532. The molecule has 0 bridgehead atoms. The van der Waals surface area contributed by atoms with Crippen LogP contribution in [0.25, 0.3) is 0 Å². The summed E-state index contributed by atoms with van der Waals surface area (Å²) in [6.07, 6.45) is 2.44. The molecular formula is C18H26N2O3. The molecule has 2 atom stereocenters. The summed E-state index contributed by atoms with van der Waals surface area (Å²) in [5.74, 6) is 0.479. The zero-order chi connectivity index (χ0) is 16.2. The van der Waals surface area contributed by atoms with Gasteiger partial charge in [-0.25, -0.2) is 0 Å². The Morgan fingerprint density at radius 2 is 2.09 bits per heavy atom. The molecule has 0 aliphatic carbocycles. The first-order valence-corrected chi connectivity index (χ1v) is 8.58. The van der Waals surface area contributed by atoms with Gasteiger partial charge in [0.05, 0.1) is 18.8 Å². The zero-order valence-electron chi connectivity index (χ0n) is 13.8. The third kappa shape index (κ3) is 3.85. The molecule has 1 aromatic carbocycles. The molecular weight excluding hydrogens is 292 g/mol. The van der Waals surface area contributed by atoms with Crippen molar-refractivity contribution in [1.29, 1.82) is 0 Å². The maximum absolute atomic E-state index is 12.7. The molecule has 3 rings (SSSR count). The lowest BCUT2D eigenvalue weighted by Gasteiger charge is -2.47. The topological polar surface area (TPSA) is 53.0 Å². The van der Waals surface area contributed by atoms with E-state index >= 15 is 0 Å². The van der Waals surface area contributed by atoms with Crippen LogP contribution in [0.2, 0.25) is 0 Å². The van der Waals surface area contributed by atoms with Crippen LogP contribution in [0.5, 0.6) is 5.75 Å². The van der Waals surface area contributed by atoms with Gasteiger partial charge in [-0.2, -0.15) is 0 Å². The normalized spacial score (nSPS) is 25.2. The van der Waals surface area contributed by atoms with E-state index in [-0.39, 0.29) is 23.8 Å². The summed E-state index contributed by atoms with van der Waals surface area (Å²) in [4.78, 5) is 17.1. The van der Waals surface area contributed by atoms with Gasteiger partial charge in [0.1, 0.15) is 5.75 Å². The third-order valence-corrected chi connectivity index (χ3v) is 5.00. The summed E-state index contributed by atoms with van der Waals surface area (Å²) in [7, 11) is 0. The van der Waals surface area contributed by atoms with Crippen molar-refractivity contribution in [3.63, 3.8) is 0 Å². The molecule has 1 amide bonds. The smallest absolute Gasteiger partial charge is 0.223 e. The monoisotopic (exact) mass is 318 g/mol. The van der Waals surface area contributed by atoms with Crippen LogP contribution in [0.15, 0.2) is 24.3 Å².